The van der Waals surface area contributed by atoms with E-state index in [4.69, 9.17) is 0 Å². The molecular formula is C10H8N2. The Morgan fingerprint density at radius 1 is 1.25 bits per heavy atom. The maximum Gasteiger partial charge on any atom is 0.0812 e. The Morgan fingerprint density at radius 3 is 2.92 bits per heavy atom. The average molecular weight is 156 g/mol. The van der Waals surface area contributed by atoms with E-state index in [2.05, 4.69) is 16.7 Å². The Bertz CT molecular complexity index is 421. The molecule has 0 atom stereocenters. The van der Waals surface area contributed by atoms with Crippen molar-refractivity contribution in [2.45, 2.75) is 0 Å². The summed E-state index contributed by atoms with van der Waals surface area (Å²) in [6.07, 6.45) is 1.72. The third-order valence-electron chi connectivity index (χ3n) is 1.76. The van der Waals surface area contributed by atoms with E-state index in [1.165, 1.54) is 0 Å². The van der Waals surface area contributed by atoms with Gasteiger partial charge in [-0.05, 0) is 18.9 Å². The van der Waals surface area contributed by atoms with Crippen LogP contribution in [0.1, 0.15) is 0 Å². The quantitative estimate of drug-likeness (QED) is 0.582. The highest BCUT2D eigenvalue weighted by Crippen LogP contribution is 2.17. The van der Waals surface area contributed by atoms with Gasteiger partial charge < -0.3 is 0 Å². The van der Waals surface area contributed by atoms with Gasteiger partial charge in [0.15, 0.2) is 0 Å². The van der Waals surface area contributed by atoms with E-state index in [-0.39, 0.29) is 0 Å². The summed E-state index contributed by atoms with van der Waals surface area (Å²) in [7, 11) is 0. The van der Waals surface area contributed by atoms with Gasteiger partial charge in [-0.25, -0.2) is 0 Å². The van der Waals surface area contributed by atoms with Crippen molar-refractivity contribution in [3.8, 4) is 0 Å². The minimum absolute atomic E-state index is 0.814. The summed E-state index contributed by atoms with van der Waals surface area (Å²) in [6.45, 7) is 3.45. The molecule has 0 N–H and O–H groups in total. The summed E-state index contributed by atoms with van der Waals surface area (Å²) < 4.78 is 0. The normalized spacial score (nSPS) is 10.0. The van der Waals surface area contributed by atoms with Gasteiger partial charge in [0.1, 0.15) is 0 Å². The van der Waals surface area contributed by atoms with Crippen LogP contribution in [0.2, 0.25) is 0 Å². The molecule has 2 heteroatoms. The van der Waals surface area contributed by atoms with E-state index >= 15 is 0 Å². The van der Waals surface area contributed by atoms with Gasteiger partial charge in [0, 0.05) is 5.39 Å². The molecule has 2 aromatic rings. The third-order valence-corrected chi connectivity index (χ3v) is 1.76. The van der Waals surface area contributed by atoms with Crippen LogP contribution in [0.15, 0.2) is 41.5 Å². The number of pyridine rings is 1. The Balaban J connectivity index is 2.75. The van der Waals surface area contributed by atoms with Crippen LogP contribution in [0, 0.1) is 0 Å². The molecule has 0 bridgehead atoms. The largest absolute Gasteiger partial charge is 0.263 e. The van der Waals surface area contributed by atoms with Crippen LogP contribution >= 0.6 is 0 Å². The van der Waals surface area contributed by atoms with Gasteiger partial charge in [-0.1, -0.05) is 18.2 Å². The standard InChI is InChI=1S/C10H8N2/c1-11-9-6-8-4-2-3-5-10(8)12-7-9/h2-7H,1H2. The minimum atomic E-state index is 0.814. The van der Waals surface area contributed by atoms with Crippen LogP contribution in [-0.2, 0) is 0 Å². The molecule has 2 nitrogen and oxygen atoms in total. The predicted octanol–water partition coefficient (Wildman–Crippen LogP) is 2.57. The van der Waals surface area contributed by atoms with Crippen LogP contribution in [0.4, 0.5) is 5.69 Å². The van der Waals surface area contributed by atoms with Crippen molar-refractivity contribution in [1.82, 2.24) is 4.98 Å². The first-order chi connectivity index (χ1) is 5.90. The number of fused-ring (bicyclic) bond motifs is 1. The number of hydrogen-bond acceptors (Lipinski definition) is 2. The lowest BCUT2D eigenvalue weighted by molar-refractivity contribution is 1.38. The molecule has 0 aliphatic heterocycles. The zero-order chi connectivity index (χ0) is 8.39. The lowest BCUT2D eigenvalue weighted by Crippen LogP contribution is -1.75. The molecular weight excluding hydrogens is 148 g/mol. The fourth-order valence-electron chi connectivity index (χ4n) is 1.15. The Kier molecular flexibility index (Phi) is 1.59. The number of rotatable bonds is 1. The monoisotopic (exact) mass is 156 g/mol. The van der Waals surface area contributed by atoms with Crippen LogP contribution in [-0.4, -0.2) is 11.7 Å². The summed E-state index contributed by atoms with van der Waals surface area (Å²) >= 11 is 0. The highest BCUT2D eigenvalue weighted by Gasteiger charge is 1.93. The van der Waals surface area contributed by atoms with E-state index in [1.807, 2.05) is 30.3 Å². The van der Waals surface area contributed by atoms with Crippen molar-refractivity contribution in [3.63, 3.8) is 0 Å². The minimum Gasteiger partial charge on any atom is -0.263 e. The molecule has 0 aliphatic rings. The molecule has 0 amide bonds. The van der Waals surface area contributed by atoms with E-state index in [0.29, 0.717) is 0 Å². The number of benzene rings is 1. The van der Waals surface area contributed by atoms with Crippen LogP contribution < -0.4 is 0 Å². The second-order valence-electron chi connectivity index (χ2n) is 2.54. The molecule has 0 spiro atoms. The molecule has 0 saturated carbocycles. The van der Waals surface area contributed by atoms with Gasteiger partial charge in [0.2, 0.25) is 0 Å². The van der Waals surface area contributed by atoms with Gasteiger partial charge in [-0.15, -0.1) is 0 Å². The van der Waals surface area contributed by atoms with Crippen molar-refractivity contribution in [2.24, 2.45) is 4.99 Å². The van der Waals surface area contributed by atoms with Gasteiger partial charge in [0.05, 0.1) is 17.4 Å². The van der Waals surface area contributed by atoms with E-state index < -0.39 is 0 Å². The molecule has 0 unspecified atom stereocenters. The second-order valence-corrected chi connectivity index (χ2v) is 2.54. The maximum absolute atomic E-state index is 4.22. The third kappa shape index (κ3) is 1.07. The van der Waals surface area contributed by atoms with Crippen LogP contribution in [0.25, 0.3) is 10.9 Å². The lowest BCUT2D eigenvalue weighted by Gasteiger charge is -1.96. The maximum atomic E-state index is 4.22. The lowest BCUT2D eigenvalue weighted by atomic mass is 10.2. The molecule has 12 heavy (non-hydrogen) atoms. The second kappa shape index (κ2) is 2.74. The highest BCUT2D eigenvalue weighted by molar-refractivity contribution is 5.81. The summed E-state index contributed by atoms with van der Waals surface area (Å²) in [5.74, 6) is 0. The number of aliphatic imine (C=N–C) groups is 1. The van der Waals surface area contributed by atoms with E-state index in [0.717, 1.165) is 16.6 Å². The molecule has 0 aliphatic carbocycles. The summed E-state index contributed by atoms with van der Waals surface area (Å²) in [6, 6.07) is 9.90. The molecule has 0 saturated heterocycles. The van der Waals surface area contributed by atoms with Gasteiger partial charge in [-0.2, -0.15) is 0 Å². The summed E-state index contributed by atoms with van der Waals surface area (Å²) in [5, 5.41) is 1.10. The topological polar surface area (TPSA) is 25.2 Å². The Morgan fingerprint density at radius 2 is 2.08 bits per heavy atom. The predicted molar refractivity (Wildman–Crippen MR) is 51.0 cm³/mol. The SMILES string of the molecule is C=Nc1cnc2ccccc2c1. The van der Waals surface area contributed by atoms with Gasteiger partial charge >= 0.3 is 0 Å². The van der Waals surface area contributed by atoms with Crippen LogP contribution in [0.5, 0.6) is 0 Å². The number of para-hydroxylation sites is 1. The molecule has 58 valence electrons. The number of hydrogen-bond donors (Lipinski definition) is 0. The van der Waals surface area contributed by atoms with Gasteiger partial charge in [0.25, 0.3) is 0 Å². The molecule has 0 radical (unpaired) electrons. The molecule has 1 aromatic heterocycles. The molecule has 1 heterocycles. The van der Waals surface area contributed by atoms with Crippen molar-refractivity contribution in [2.75, 3.05) is 0 Å². The van der Waals surface area contributed by atoms with Crippen molar-refractivity contribution in [3.05, 3.63) is 36.5 Å². The van der Waals surface area contributed by atoms with Crippen molar-refractivity contribution in [1.29, 1.82) is 0 Å². The first-order valence-corrected chi connectivity index (χ1v) is 3.72. The Labute approximate surface area is 70.6 Å². The smallest absolute Gasteiger partial charge is 0.0812 e. The highest BCUT2D eigenvalue weighted by atomic mass is 14.7. The fourth-order valence-corrected chi connectivity index (χ4v) is 1.15. The van der Waals surface area contributed by atoms with Crippen molar-refractivity contribution >= 4 is 23.3 Å². The van der Waals surface area contributed by atoms with E-state index in [1.54, 1.807) is 6.20 Å². The first-order valence-electron chi connectivity index (χ1n) is 3.72. The molecule has 0 fully saturated rings. The zero-order valence-electron chi connectivity index (χ0n) is 6.57. The fraction of sp³-hybridized carbons (Fsp3) is 0. The summed E-state index contributed by atoms with van der Waals surface area (Å²) in [4.78, 5) is 8.03. The van der Waals surface area contributed by atoms with Crippen LogP contribution in [0.3, 0.4) is 0 Å². The number of nitrogens with zero attached hydrogens (tertiary/aromatic N) is 2. The van der Waals surface area contributed by atoms with E-state index in [9.17, 15) is 0 Å². The zero-order valence-corrected chi connectivity index (χ0v) is 6.57. The number of aromatic nitrogens is 1. The molecule has 2 rings (SSSR count). The average Bonchev–Trinajstić information content (AvgIpc) is 2.17. The first kappa shape index (κ1) is 6.98. The summed E-state index contributed by atoms with van der Waals surface area (Å²) in [5.41, 5.74) is 1.80. The van der Waals surface area contributed by atoms with Gasteiger partial charge in [-0.3, -0.25) is 9.98 Å². The Hall–Kier alpha value is -1.70. The van der Waals surface area contributed by atoms with Crippen molar-refractivity contribution < 1.29 is 0 Å². The molecule has 1 aromatic carbocycles.